The molecular formula is C17H22ClN5O2. The Balaban J connectivity index is 1.60. The lowest BCUT2D eigenvalue weighted by atomic mass is 9.91. The SMILES string of the molecule is NCCOc1ccc(Cl)cc1C(=O)NC1CCC(n2cncn2)CC1. The summed E-state index contributed by atoms with van der Waals surface area (Å²) in [5.74, 6) is 0.336. The number of hydrogen-bond donors (Lipinski definition) is 2. The Hall–Kier alpha value is -2.12. The van der Waals surface area contributed by atoms with Crippen molar-refractivity contribution in [3.63, 3.8) is 0 Å². The van der Waals surface area contributed by atoms with Crippen molar-refractivity contribution >= 4 is 17.5 Å². The zero-order chi connectivity index (χ0) is 17.6. The van der Waals surface area contributed by atoms with Gasteiger partial charge in [-0.25, -0.2) is 9.67 Å². The van der Waals surface area contributed by atoms with Gasteiger partial charge in [0.05, 0.1) is 11.6 Å². The van der Waals surface area contributed by atoms with Gasteiger partial charge in [0, 0.05) is 17.6 Å². The summed E-state index contributed by atoms with van der Waals surface area (Å²) in [6.45, 7) is 0.737. The van der Waals surface area contributed by atoms with Crippen LogP contribution in [0.2, 0.25) is 5.02 Å². The Morgan fingerprint density at radius 3 is 2.84 bits per heavy atom. The molecule has 1 aliphatic carbocycles. The van der Waals surface area contributed by atoms with E-state index >= 15 is 0 Å². The predicted octanol–water partition coefficient (Wildman–Crippen LogP) is 2.18. The number of nitrogens with zero attached hydrogens (tertiary/aromatic N) is 3. The maximum atomic E-state index is 12.7. The number of rotatable bonds is 6. The van der Waals surface area contributed by atoms with Crippen molar-refractivity contribution in [3.8, 4) is 5.75 Å². The molecule has 1 aliphatic rings. The Morgan fingerprint density at radius 2 is 2.16 bits per heavy atom. The van der Waals surface area contributed by atoms with Crippen LogP contribution in [0.5, 0.6) is 5.75 Å². The van der Waals surface area contributed by atoms with Crippen molar-refractivity contribution in [1.82, 2.24) is 20.1 Å². The first-order valence-corrected chi connectivity index (χ1v) is 8.82. The van der Waals surface area contributed by atoms with Gasteiger partial charge in [0.2, 0.25) is 0 Å². The number of ether oxygens (including phenoxy) is 1. The van der Waals surface area contributed by atoms with E-state index in [0.29, 0.717) is 35.5 Å². The Labute approximate surface area is 151 Å². The van der Waals surface area contributed by atoms with Gasteiger partial charge in [-0.3, -0.25) is 4.79 Å². The van der Waals surface area contributed by atoms with Crippen molar-refractivity contribution in [2.24, 2.45) is 5.73 Å². The number of carbonyl (C=O) groups is 1. The molecule has 2 aromatic rings. The molecule has 25 heavy (non-hydrogen) atoms. The maximum absolute atomic E-state index is 12.7. The Bertz CT molecular complexity index is 699. The second-order valence-corrected chi connectivity index (χ2v) is 6.57. The highest BCUT2D eigenvalue weighted by molar-refractivity contribution is 6.31. The highest BCUT2D eigenvalue weighted by Gasteiger charge is 2.25. The van der Waals surface area contributed by atoms with Crippen molar-refractivity contribution in [1.29, 1.82) is 0 Å². The highest BCUT2D eigenvalue weighted by atomic mass is 35.5. The molecule has 0 bridgehead atoms. The zero-order valence-electron chi connectivity index (χ0n) is 13.9. The molecular weight excluding hydrogens is 342 g/mol. The van der Waals surface area contributed by atoms with Crippen LogP contribution in [0.4, 0.5) is 0 Å². The normalized spacial score (nSPS) is 20.2. The van der Waals surface area contributed by atoms with E-state index in [2.05, 4.69) is 15.4 Å². The summed E-state index contributed by atoms with van der Waals surface area (Å²) in [4.78, 5) is 16.6. The smallest absolute Gasteiger partial charge is 0.255 e. The number of benzene rings is 1. The summed E-state index contributed by atoms with van der Waals surface area (Å²) in [5, 5.41) is 7.79. The first kappa shape index (κ1) is 17.7. The van der Waals surface area contributed by atoms with Gasteiger partial charge >= 0.3 is 0 Å². The molecule has 1 heterocycles. The van der Waals surface area contributed by atoms with Crippen molar-refractivity contribution in [3.05, 3.63) is 41.4 Å². The number of amides is 1. The quantitative estimate of drug-likeness (QED) is 0.820. The van der Waals surface area contributed by atoms with Gasteiger partial charge in [-0.1, -0.05) is 11.6 Å². The molecule has 0 spiro atoms. The molecule has 134 valence electrons. The van der Waals surface area contributed by atoms with E-state index in [9.17, 15) is 4.79 Å². The Morgan fingerprint density at radius 1 is 1.36 bits per heavy atom. The number of nitrogens with one attached hydrogen (secondary N) is 1. The molecule has 1 aromatic carbocycles. The van der Waals surface area contributed by atoms with E-state index in [0.717, 1.165) is 25.7 Å². The second-order valence-electron chi connectivity index (χ2n) is 6.13. The molecule has 1 fully saturated rings. The largest absolute Gasteiger partial charge is 0.491 e. The van der Waals surface area contributed by atoms with Crippen LogP contribution >= 0.6 is 11.6 Å². The molecule has 8 heteroatoms. The first-order valence-electron chi connectivity index (χ1n) is 8.44. The molecule has 0 radical (unpaired) electrons. The summed E-state index contributed by atoms with van der Waals surface area (Å²) in [6, 6.07) is 5.52. The summed E-state index contributed by atoms with van der Waals surface area (Å²) >= 11 is 6.04. The molecule has 0 saturated heterocycles. The molecule has 7 nitrogen and oxygen atoms in total. The lowest BCUT2D eigenvalue weighted by Gasteiger charge is -2.29. The van der Waals surface area contributed by atoms with E-state index in [1.807, 2.05) is 4.68 Å². The number of carbonyl (C=O) groups excluding carboxylic acids is 1. The fourth-order valence-corrected chi connectivity index (χ4v) is 3.30. The molecule has 3 N–H and O–H groups in total. The van der Waals surface area contributed by atoms with Crippen LogP contribution in [-0.2, 0) is 0 Å². The van der Waals surface area contributed by atoms with E-state index < -0.39 is 0 Å². The topological polar surface area (TPSA) is 95.1 Å². The lowest BCUT2D eigenvalue weighted by molar-refractivity contribution is 0.0917. The molecule has 0 unspecified atom stereocenters. The van der Waals surface area contributed by atoms with Crippen LogP contribution in [0.3, 0.4) is 0 Å². The zero-order valence-corrected chi connectivity index (χ0v) is 14.7. The fourth-order valence-electron chi connectivity index (χ4n) is 3.13. The van der Waals surface area contributed by atoms with Crippen LogP contribution in [-0.4, -0.2) is 39.9 Å². The number of nitrogens with two attached hydrogens (primary N) is 1. The molecule has 1 aromatic heterocycles. The predicted molar refractivity (Wildman–Crippen MR) is 94.8 cm³/mol. The summed E-state index contributed by atoms with van der Waals surface area (Å²) < 4.78 is 7.45. The fraction of sp³-hybridized carbons (Fsp3) is 0.471. The number of aromatic nitrogens is 3. The van der Waals surface area contributed by atoms with Gasteiger partial charge in [-0.05, 0) is 43.9 Å². The van der Waals surface area contributed by atoms with Crippen molar-refractivity contribution in [2.45, 2.75) is 37.8 Å². The minimum absolute atomic E-state index is 0.133. The van der Waals surface area contributed by atoms with E-state index in [1.54, 1.807) is 30.9 Å². The van der Waals surface area contributed by atoms with Crippen LogP contribution in [0.25, 0.3) is 0 Å². The Kier molecular flexibility index (Phi) is 5.88. The first-order chi connectivity index (χ1) is 12.2. The van der Waals surface area contributed by atoms with Crippen LogP contribution in [0.1, 0.15) is 42.1 Å². The monoisotopic (exact) mass is 363 g/mol. The lowest BCUT2D eigenvalue weighted by Crippen LogP contribution is -2.38. The van der Waals surface area contributed by atoms with Gasteiger partial charge in [0.1, 0.15) is 25.0 Å². The van der Waals surface area contributed by atoms with Crippen molar-refractivity contribution in [2.75, 3.05) is 13.2 Å². The van der Waals surface area contributed by atoms with Crippen molar-refractivity contribution < 1.29 is 9.53 Å². The van der Waals surface area contributed by atoms with Crippen LogP contribution in [0, 0.1) is 0 Å². The van der Waals surface area contributed by atoms with Gasteiger partial charge in [0.15, 0.2) is 0 Å². The van der Waals surface area contributed by atoms with E-state index in [4.69, 9.17) is 22.1 Å². The third-order valence-corrected chi connectivity index (χ3v) is 4.64. The standard InChI is InChI=1S/C17H22ClN5O2/c18-12-1-6-16(25-8-7-19)15(9-12)17(24)22-13-2-4-14(5-3-13)23-11-20-10-21-23/h1,6,9-11,13-14H,2-5,7-8,19H2,(H,22,24). The molecule has 1 saturated carbocycles. The summed E-state index contributed by atoms with van der Waals surface area (Å²) in [6.07, 6.45) is 7.01. The van der Waals surface area contributed by atoms with E-state index in [-0.39, 0.29) is 11.9 Å². The highest BCUT2D eigenvalue weighted by Crippen LogP contribution is 2.28. The molecule has 0 aliphatic heterocycles. The second kappa shape index (κ2) is 8.31. The minimum atomic E-state index is -0.168. The van der Waals surface area contributed by atoms with E-state index in [1.165, 1.54) is 0 Å². The summed E-state index contributed by atoms with van der Waals surface area (Å²) in [7, 11) is 0. The van der Waals surface area contributed by atoms with Gasteiger partial charge in [-0.15, -0.1) is 0 Å². The molecule has 1 amide bonds. The third kappa shape index (κ3) is 4.49. The van der Waals surface area contributed by atoms with Crippen LogP contribution in [0.15, 0.2) is 30.9 Å². The summed E-state index contributed by atoms with van der Waals surface area (Å²) in [5.41, 5.74) is 5.92. The molecule has 3 rings (SSSR count). The average molecular weight is 364 g/mol. The van der Waals surface area contributed by atoms with Crippen LogP contribution < -0.4 is 15.8 Å². The minimum Gasteiger partial charge on any atom is -0.491 e. The third-order valence-electron chi connectivity index (χ3n) is 4.40. The molecule has 0 atom stereocenters. The van der Waals surface area contributed by atoms with Gasteiger partial charge < -0.3 is 15.8 Å². The maximum Gasteiger partial charge on any atom is 0.255 e. The van der Waals surface area contributed by atoms with Gasteiger partial charge in [-0.2, -0.15) is 5.10 Å². The van der Waals surface area contributed by atoms with Gasteiger partial charge in [0.25, 0.3) is 5.91 Å². The average Bonchev–Trinajstić information content (AvgIpc) is 3.16. The number of halogens is 1. The number of hydrogen-bond acceptors (Lipinski definition) is 5.